The highest BCUT2D eigenvalue weighted by Gasteiger charge is 2.31. The van der Waals surface area contributed by atoms with Crippen LogP contribution in [0.1, 0.15) is 49.3 Å². The standard InChI is InChI=1S/C18H27FN2/c1-14-7-8-16(13-17(14)19)18(15-5-3-2-4-6-15)21-11-9-20-10-12-21/h7-8,13,15,18,20H,2-6,9-12H2,1H3/t18-/m1/s1. The predicted octanol–water partition coefficient (Wildman–Crippen LogP) is 3.66. The van der Waals surface area contributed by atoms with E-state index in [9.17, 15) is 4.39 Å². The molecule has 116 valence electrons. The summed E-state index contributed by atoms with van der Waals surface area (Å²) in [5.41, 5.74) is 1.94. The zero-order chi connectivity index (χ0) is 14.7. The van der Waals surface area contributed by atoms with Crippen LogP contribution in [0.5, 0.6) is 0 Å². The average Bonchev–Trinajstić information content (AvgIpc) is 2.53. The first kappa shape index (κ1) is 15.0. The molecule has 1 atom stereocenters. The molecule has 0 unspecified atom stereocenters. The summed E-state index contributed by atoms with van der Waals surface area (Å²) in [7, 11) is 0. The predicted molar refractivity (Wildman–Crippen MR) is 84.9 cm³/mol. The first-order valence-electron chi connectivity index (χ1n) is 8.46. The number of nitrogens with one attached hydrogen (secondary N) is 1. The second-order valence-electron chi connectivity index (χ2n) is 6.64. The van der Waals surface area contributed by atoms with Crippen molar-refractivity contribution in [3.05, 3.63) is 35.1 Å². The van der Waals surface area contributed by atoms with E-state index in [2.05, 4.69) is 16.3 Å². The highest BCUT2D eigenvalue weighted by Crippen LogP contribution is 2.38. The SMILES string of the molecule is Cc1ccc([C@@H](C2CCCCC2)N2CCNCC2)cc1F. The zero-order valence-corrected chi connectivity index (χ0v) is 13.1. The van der Waals surface area contributed by atoms with Crippen LogP contribution >= 0.6 is 0 Å². The molecule has 0 amide bonds. The fourth-order valence-electron chi connectivity index (χ4n) is 3.98. The number of benzene rings is 1. The van der Waals surface area contributed by atoms with E-state index in [0.717, 1.165) is 31.7 Å². The fraction of sp³-hybridized carbons (Fsp3) is 0.667. The molecule has 1 saturated carbocycles. The number of rotatable bonds is 3. The molecule has 0 spiro atoms. The molecular weight excluding hydrogens is 263 g/mol. The van der Waals surface area contributed by atoms with Crippen LogP contribution in [0.3, 0.4) is 0 Å². The summed E-state index contributed by atoms with van der Waals surface area (Å²) in [4.78, 5) is 2.58. The molecule has 0 bridgehead atoms. The van der Waals surface area contributed by atoms with Crippen molar-refractivity contribution in [3.8, 4) is 0 Å². The maximum atomic E-state index is 14.0. The number of nitrogens with zero attached hydrogens (tertiary/aromatic N) is 1. The molecule has 21 heavy (non-hydrogen) atoms. The molecule has 1 saturated heterocycles. The molecule has 3 rings (SSSR count). The largest absolute Gasteiger partial charge is 0.314 e. The van der Waals surface area contributed by atoms with Gasteiger partial charge in [0.15, 0.2) is 0 Å². The van der Waals surface area contributed by atoms with Crippen molar-refractivity contribution in [2.45, 2.75) is 45.1 Å². The van der Waals surface area contributed by atoms with Gasteiger partial charge >= 0.3 is 0 Å². The summed E-state index contributed by atoms with van der Waals surface area (Å²) in [6.07, 6.45) is 6.63. The van der Waals surface area contributed by atoms with Gasteiger partial charge in [0, 0.05) is 32.2 Å². The highest BCUT2D eigenvalue weighted by molar-refractivity contribution is 5.26. The summed E-state index contributed by atoms with van der Waals surface area (Å²) in [6.45, 7) is 6.11. The number of piperazine rings is 1. The Kier molecular flexibility index (Phi) is 4.91. The van der Waals surface area contributed by atoms with Gasteiger partial charge in [-0.3, -0.25) is 4.90 Å². The number of halogens is 1. The van der Waals surface area contributed by atoms with Crippen LogP contribution in [0.25, 0.3) is 0 Å². The molecule has 1 N–H and O–H groups in total. The van der Waals surface area contributed by atoms with E-state index < -0.39 is 0 Å². The van der Waals surface area contributed by atoms with Crippen molar-refractivity contribution >= 4 is 0 Å². The lowest BCUT2D eigenvalue weighted by atomic mass is 9.80. The van der Waals surface area contributed by atoms with E-state index in [-0.39, 0.29) is 5.82 Å². The van der Waals surface area contributed by atoms with Crippen molar-refractivity contribution < 1.29 is 4.39 Å². The summed E-state index contributed by atoms with van der Waals surface area (Å²) in [5, 5.41) is 3.43. The maximum absolute atomic E-state index is 14.0. The molecule has 0 radical (unpaired) electrons. The van der Waals surface area contributed by atoms with E-state index in [1.54, 1.807) is 6.07 Å². The second-order valence-corrected chi connectivity index (χ2v) is 6.64. The van der Waals surface area contributed by atoms with Gasteiger partial charge in [-0.2, -0.15) is 0 Å². The van der Waals surface area contributed by atoms with E-state index in [4.69, 9.17) is 0 Å². The van der Waals surface area contributed by atoms with Gasteiger partial charge in [-0.1, -0.05) is 31.4 Å². The lowest BCUT2D eigenvalue weighted by Crippen LogP contribution is -2.47. The van der Waals surface area contributed by atoms with E-state index in [1.165, 1.54) is 37.7 Å². The zero-order valence-electron chi connectivity index (χ0n) is 13.1. The Morgan fingerprint density at radius 2 is 1.86 bits per heavy atom. The molecule has 1 aliphatic carbocycles. The Hall–Kier alpha value is -0.930. The van der Waals surface area contributed by atoms with Gasteiger partial charge in [0.25, 0.3) is 0 Å². The minimum absolute atomic E-state index is 0.0524. The van der Waals surface area contributed by atoms with E-state index in [1.807, 2.05) is 13.0 Å². The molecule has 2 fully saturated rings. The third-order valence-corrected chi connectivity index (χ3v) is 5.18. The van der Waals surface area contributed by atoms with Gasteiger partial charge in [0.1, 0.15) is 5.82 Å². The Labute approximate surface area is 127 Å². The number of aryl methyl sites for hydroxylation is 1. The van der Waals surface area contributed by atoms with E-state index in [0.29, 0.717) is 12.0 Å². The van der Waals surface area contributed by atoms with Gasteiger partial charge in [0.05, 0.1) is 0 Å². The summed E-state index contributed by atoms with van der Waals surface area (Å²) in [5.74, 6) is 0.641. The lowest BCUT2D eigenvalue weighted by Gasteiger charge is -2.41. The van der Waals surface area contributed by atoms with Gasteiger partial charge in [-0.25, -0.2) is 4.39 Å². The highest BCUT2D eigenvalue weighted by atomic mass is 19.1. The molecule has 1 aliphatic heterocycles. The van der Waals surface area contributed by atoms with Crippen LogP contribution in [0, 0.1) is 18.7 Å². The van der Waals surface area contributed by atoms with Crippen LogP contribution < -0.4 is 5.32 Å². The Bertz CT molecular complexity index is 444. The Balaban J connectivity index is 1.87. The minimum atomic E-state index is -0.0524. The van der Waals surface area contributed by atoms with Crippen LogP contribution in [0.4, 0.5) is 4.39 Å². The Morgan fingerprint density at radius 1 is 1.14 bits per heavy atom. The van der Waals surface area contributed by atoms with E-state index >= 15 is 0 Å². The molecule has 0 aromatic heterocycles. The van der Waals surface area contributed by atoms with Crippen molar-refractivity contribution in [1.29, 1.82) is 0 Å². The molecule has 1 heterocycles. The van der Waals surface area contributed by atoms with Crippen LogP contribution in [-0.4, -0.2) is 31.1 Å². The normalized spacial score (nSPS) is 23.1. The second kappa shape index (κ2) is 6.89. The number of hydrogen-bond donors (Lipinski definition) is 1. The van der Waals surface area contributed by atoms with Gasteiger partial charge < -0.3 is 5.32 Å². The lowest BCUT2D eigenvalue weighted by molar-refractivity contribution is 0.103. The molecule has 3 heteroatoms. The van der Waals surface area contributed by atoms with Gasteiger partial charge in [-0.05, 0) is 42.9 Å². The monoisotopic (exact) mass is 290 g/mol. The molecule has 1 aromatic carbocycles. The number of hydrogen-bond acceptors (Lipinski definition) is 2. The maximum Gasteiger partial charge on any atom is 0.126 e. The summed E-state index contributed by atoms with van der Waals surface area (Å²) >= 11 is 0. The quantitative estimate of drug-likeness (QED) is 0.914. The smallest absolute Gasteiger partial charge is 0.126 e. The van der Waals surface area contributed by atoms with Gasteiger partial charge in [-0.15, -0.1) is 0 Å². The molecule has 2 nitrogen and oxygen atoms in total. The first-order valence-corrected chi connectivity index (χ1v) is 8.46. The molecule has 2 aliphatic rings. The Morgan fingerprint density at radius 3 is 2.52 bits per heavy atom. The van der Waals surface area contributed by atoms with Crippen LogP contribution in [0.15, 0.2) is 18.2 Å². The minimum Gasteiger partial charge on any atom is -0.314 e. The van der Waals surface area contributed by atoms with Crippen molar-refractivity contribution in [2.24, 2.45) is 5.92 Å². The topological polar surface area (TPSA) is 15.3 Å². The van der Waals surface area contributed by atoms with Crippen molar-refractivity contribution in [2.75, 3.05) is 26.2 Å². The third-order valence-electron chi connectivity index (χ3n) is 5.18. The van der Waals surface area contributed by atoms with Crippen LogP contribution in [0.2, 0.25) is 0 Å². The molecule has 1 aromatic rings. The third kappa shape index (κ3) is 3.46. The van der Waals surface area contributed by atoms with Gasteiger partial charge in [0.2, 0.25) is 0 Å². The summed E-state index contributed by atoms with van der Waals surface area (Å²) < 4.78 is 14.0. The van der Waals surface area contributed by atoms with Crippen LogP contribution in [-0.2, 0) is 0 Å². The molecular formula is C18H27FN2. The average molecular weight is 290 g/mol. The fourth-order valence-corrected chi connectivity index (χ4v) is 3.98. The van der Waals surface area contributed by atoms with Crippen molar-refractivity contribution in [1.82, 2.24) is 10.2 Å². The van der Waals surface area contributed by atoms with Crippen molar-refractivity contribution in [3.63, 3.8) is 0 Å². The summed E-state index contributed by atoms with van der Waals surface area (Å²) in [6, 6.07) is 6.29. The first-order chi connectivity index (χ1) is 10.3.